The maximum absolute atomic E-state index is 12.1. The van der Waals surface area contributed by atoms with Gasteiger partial charge < -0.3 is 10.6 Å². The van der Waals surface area contributed by atoms with Crippen LogP contribution in [0.1, 0.15) is 16.8 Å². The van der Waals surface area contributed by atoms with Crippen molar-refractivity contribution in [3.63, 3.8) is 0 Å². The van der Waals surface area contributed by atoms with Gasteiger partial charge in [0.25, 0.3) is 11.6 Å². The summed E-state index contributed by atoms with van der Waals surface area (Å²) in [4.78, 5) is 22.7. The van der Waals surface area contributed by atoms with Crippen molar-refractivity contribution in [1.29, 1.82) is 0 Å². The van der Waals surface area contributed by atoms with Gasteiger partial charge in [0, 0.05) is 25.3 Å². The van der Waals surface area contributed by atoms with Crippen LogP contribution in [0.5, 0.6) is 0 Å². The average Bonchev–Trinajstić information content (AvgIpc) is 2.33. The lowest BCUT2D eigenvalue weighted by atomic mass is 10.1. The molecule has 0 radical (unpaired) electrons. The van der Waals surface area contributed by atoms with Crippen molar-refractivity contribution in [2.24, 2.45) is 0 Å². The molecule has 0 aliphatic rings. The largest absolute Gasteiger partial charge is 0.399 e. The lowest BCUT2D eigenvalue weighted by Gasteiger charge is -2.18. The van der Waals surface area contributed by atoms with E-state index >= 15 is 0 Å². The molecule has 0 saturated carbocycles. The molecule has 20 heavy (non-hydrogen) atoms. The van der Waals surface area contributed by atoms with E-state index in [-0.39, 0.29) is 11.3 Å². The Bertz CT molecular complexity index is 531. The minimum atomic E-state index is -4.41. The molecule has 6 nitrogen and oxygen atoms in total. The highest BCUT2D eigenvalue weighted by molar-refractivity contribution is 5.98. The van der Waals surface area contributed by atoms with E-state index in [9.17, 15) is 28.1 Å². The van der Waals surface area contributed by atoms with Crippen LogP contribution in [0.15, 0.2) is 18.2 Å². The van der Waals surface area contributed by atoms with Crippen LogP contribution in [-0.2, 0) is 0 Å². The topological polar surface area (TPSA) is 89.5 Å². The number of benzene rings is 1. The summed E-state index contributed by atoms with van der Waals surface area (Å²) in [5.74, 6) is -0.881. The zero-order valence-corrected chi connectivity index (χ0v) is 10.5. The minimum Gasteiger partial charge on any atom is -0.399 e. The lowest BCUT2D eigenvalue weighted by Crippen LogP contribution is -2.31. The van der Waals surface area contributed by atoms with E-state index in [1.807, 2.05) is 0 Å². The number of hydrogen-bond acceptors (Lipinski definition) is 4. The highest BCUT2D eigenvalue weighted by atomic mass is 19.4. The fraction of sp³-hybridized carbons (Fsp3) is 0.364. The monoisotopic (exact) mass is 291 g/mol. The molecular formula is C11H12F3N3O3. The maximum atomic E-state index is 12.1. The second kappa shape index (κ2) is 5.76. The minimum absolute atomic E-state index is 0.114. The summed E-state index contributed by atoms with van der Waals surface area (Å²) < 4.78 is 36.3. The van der Waals surface area contributed by atoms with Crippen LogP contribution in [0.25, 0.3) is 0 Å². The van der Waals surface area contributed by atoms with Crippen molar-refractivity contribution in [1.82, 2.24) is 4.90 Å². The van der Waals surface area contributed by atoms with Gasteiger partial charge in [0.15, 0.2) is 0 Å². The lowest BCUT2D eigenvalue weighted by molar-refractivity contribution is -0.385. The Morgan fingerprint density at radius 2 is 2.05 bits per heavy atom. The molecular weight excluding hydrogens is 279 g/mol. The van der Waals surface area contributed by atoms with Crippen LogP contribution in [0, 0.1) is 10.1 Å². The van der Waals surface area contributed by atoms with E-state index in [4.69, 9.17) is 5.73 Å². The summed E-state index contributed by atoms with van der Waals surface area (Å²) in [6.07, 6.45) is -5.60. The molecule has 0 aliphatic carbocycles. The molecule has 2 N–H and O–H groups in total. The number of nitrogen functional groups attached to an aromatic ring is 1. The Labute approximate surface area is 112 Å². The van der Waals surface area contributed by atoms with Gasteiger partial charge in [-0.1, -0.05) is 0 Å². The zero-order valence-electron chi connectivity index (χ0n) is 10.5. The van der Waals surface area contributed by atoms with E-state index in [0.717, 1.165) is 24.1 Å². The van der Waals surface area contributed by atoms with Crippen LogP contribution >= 0.6 is 0 Å². The number of anilines is 1. The van der Waals surface area contributed by atoms with Gasteiger partial charge in [0.1, 0.15) is 5.56 Å². The van der Waals surface area contributed by atoms with Gasteiger partial charge in [-0.25, -0.2) is 0 Å². The molecule has 0 heterocycles. The molecule has 110 valence electrons. The highest BCUT2D eigenvalue weighted by Gasteiger charge is 2.29. The van der Waals surface area contributed by atoms with Crippen LogP contribution in [0.2, 0.25) is 0 Å². The summed E-state index contributed by atoms with van der Waals surface area (Å²) in [5, 5.41) is 10.8. The third kappa shape index (κ3) is 4.11. The number of nitro groups is 1. The third-order valence-electron chi connectivity index (χ3n) is 2.53. The summed E-state index contributed by atoms with van der Waals surface area (Å²) in [6.45, 7) is -0.589. The molecule has 0 atom stereocenters. The normalized spacial score (nSPS) is 11.2. The molecule has 1 rings (SSSR count). The smallest absolute Gasteiger partial charge is 0.390 e. The molecule has 0 aliphatic heterocycles. The van der Waals surface area contributed by atoms with Crippen molar-refractivity contribution >= 4 is 17.3 Å². The number of hydrogen-bond donors (Lipinski definition) is 1. The fourth-order valence-electron chi connectivity index (χ4n) is 1.49. The van der Waals surface area contributed by atoms with Gasteiger partial charge in [-0.2, -0.15) is 13.2 Å². The first-order valence-corrected chi connectivity index (χ1v) is 5.48. The number of nitrogens with zero attached hydrogens (tertiary/aromatic N) is 2. The summed E-state index contributed by atoms with van der Waals surface area (Å²) >= 11 is 0. The van der Waals surface area contributed by atoms with Crippen molar-refractivity contribution in [3.8, 4) is 0 Å². The van der Waals surface area contributed by atoms with Gasteiger partial charge in [-0.3, -0.25) is 14.9 Å². The Hall–Kier alpha value is -2.32. The van der Waals surface area contributed by atoms with E-state index in [0.29, 0.717) is 0 Å². The van der Waals surface area contributed by atoms with Gasteiger partial charge >= 0.3 is 6.18 Å². The van der Waals surface area contributed by atoms with Crippen molar-refractivity contribution in [3.05, 3.63) is 33.9 Å². The van der Waals surface area contributed by atoms with Crippen LogP contribution in [0.3, 0.4) is 0 Å². The number of amides is 1. The number of nitro benzene ring substituents is 1. The molecule has 1 aromatic rings. The SMILES string of the molecule is CN(CCC(F)(F)F)C(=O)c1cc(N)ccc1[N+](=O)[O-]. The second-order valence-electron chi connectivity index (χ2n) is 4.13. The molecule has 0 spiro atoms. The standard InChI is InChI=1S/C11H12F3N3O3/c1-16(5-4-11(12,13)14)10(18)8-6-7(15)2-3-9(8)17(19)20/h2-3,6H,4-5,15H2,1H3. The van der Waals surface area contributed by atoms with E-state index < -0.39 is 35.7 Å². The maximum Gasteiger partial charge on any atom is 0.390 e. The molecule has 0 aromatic heterocycles. The Morgan fingerprint density at radius 1 is 1.45 bits per heavy atom. The fourth-order valence-corrected chi connectivity index (χ4v) is 1.49. The number of rotatable bonds is 4. The number of halogens is 3. The summed E-state index contributed by atoms with van der Waals surface area (Å²) in [6, 6.07) is 3.36. The molecule has 1 amide bonds. The summed E-state index contributed by atoms with van der Waals surface area (Å²) in [5.41, 5.74) is 4.72. The number of nitrogens with two attached hydrogens (primary N) is 1. The number of alkyl halides is 3. The van der Waals surface area contributed by atoms with E-state index in [2.05, 4.69) is 0 Å². The van der Waals surface area contributed by atoms with Crippen LogP contribution < -0.4 is 5.73 Å². The van der Waals surface area contributed by atoms with Crippen LogP contribution in [0.4, 0.5) is 24.5 Å². The average molecular weight is 291 g/mol. The van der Waals surface area contributed by atoms with Gasteiger partial charge in [-0.05, 0) is 12.1 Å². The van der Waals surface area contributed by atoms with Crippen molar-refractivity contribution < 1.29 is 22.9 Å². The first-order chi connectivity index (χ1) is 9.11. The van der Waals surface area contributed by atoms with E-state index in [1.54, 1.807) is 0 Å². The zero-order chi connectivity index (χ0) is 15.5. The molecule has 0 bridgehead atoms. The third-order valence-corrected chi connectivity index (χ3v) is 2.53. The number of carbonyl (C=O) groups is 1. The van der Waals surface area contributed by atoms with Crippen LogP contribution in [-0.4, -0.2) is 35.5 Å². The molecule has 0 unspecified atom stereocenters. The Kier molecular flexibility index (Phi) is 4.53. The molecule has 0 fully saturated rings. The quantitative estimate of drug-likeness (QED) is 0.523. The molecule has 0 saturated heterocycles. The highest BCUT2D eigenvalue weighted by Crippen LogP contribution is 2.24. The Morgan fingerprint density at radius 3 is 2.55 bits per heavy atom. The second-order valence-corrected chi connectivity index (χ2v) is 4.13. The van der Waals surface area contributed by atoms with Gasteiger partial charge in [-0.15, -0.1) is 0 Å². The Balaban J connectivity index is 2.96. The van der Waals surface area contributed by atoms with Gasteiger partial charge in [0.05, 0.1) is 11.3 Å². The van der Waals surface area contributed by atoms with Crippen molar-refractivity contribution in [2.45, 2.75) is 12.6 Å². The first kappa shape index (κ1) is 15.7. The predicted octanol–water partition coefficient (Wildman–Crippen LogP) is 2.20. The van der Waals surface area contributed by atoms with Gasteiger partial charge in [0.2, 0.25) is 0 Å². The predicted molar refractivity (Wildman–Crippen MR) is 65.1 cm³/mol. The number of carbonyl (C=O) groups excluding carboxylic acids is 1. The first-order valence-electron chi connectivity index (χ1n) is 5.48. The molecule has 9 heteroatoms. The van der Waals surface area contributed by atoms with E-state index in [1.165, 1.54) is 6.07 Å². The van der Waals surface area contributed by atoms with Crippen molar-refractivity contribution in [2.75, 3.05) is 19.3 Å². The molecule has 1 aromatic carbocycles. The summed E-state index contributed by atoms with van der Waals surface area (Å²) in [7, 11) is 1.14.